The average molecular weight is 411 g/mol. The second-order valence-corrected chi connectivity index (χ2v) is 7.84. The van der Waals surface area contributed by atoms with Crippen LogP contribution < -0.4 is 0 Å². The lowest BCUT2D eigenvalue weighted by molar-refractivity contribution is 0.939. The maximum absolute atomic E-state index is 4.52. The van der Waals surface area contributed by atoms with Crippen molar-refractivity contribution in [1.82, 2.24) is 24.1 Å². The molecule has 150 valence electrons. The lowest BCUT2D eigenvalue weighted by Gasteiger charge is -2.11. The van der Waals surface area contributed by atoms with Crippen molar-refractivity contribution in [3.8, 4) is 11.6 Å². The Bertz CT molecular complexity index is 1630. The number of hydrogen-bond donors (Lipinski definition) is 0. The Morgan fingerprint density at radius 1 is 0.469 bits per heavy atom. The van der Waals surface area contributed by atoms with E-state index in [1.165, 1.54) is 27.1 Å². The Labute approximate surface area is 183 Å². The molecule has 7 rings (SSSR count). The number of aromatic nitrogens is 5. The van der Waals surface area contributed by atoms with Crippen LogP contribution in [-0.4, -0.2) is 24.1 Å². The van der Waals surface area contributed by atoms with Crippen molar-refractivity contribution in [3.63, 3.8) is 0 Å². The summed E-state index contributed by atoms with van der Waals surface area (Å²) in [6.07, 6.45) is 3.10. The molecule has 0 spiro atoms. The van der Waals surface area contributed by atoms with Crippen LogP contribution in [0.5, 0.6) is 0 Å². The third kappa shape index (κ3) is 2.25. The number of hydrogen-bond acceptors (Lipinski definition) is 3. The fraction of sp³-hybridized carbons (Fsp3) is 0. The monoisotopic (exact) mass is 411 g/mol. The largest absolute Gasteiger partial charge is 0.307 e. The lowest BCUT2D eigenvalue weighted by atomic mass is 10.1. The zero-order chi connectivity index (χ0) is 21.1. The van der Waals surface area contributed by atoms with Gasteiger partial charge in [0, 0.05) is 27.2 Å². The maximum atomic E-state index is 4.52. The number of rotatable bonds is 2. The molecule has 4 aromatic carbocycles. The quantitative estimate of drug-likeness (QED) is 0.347. The van der Waals surface area contributed by atoms with Gasteiger partial charge >= 0.3 is 0 Å². The van der Waals surface area contributed by atoms with Crippen molar-refractivity contribution in [3.05, 3.63) is 104 Å². The predicted octanol–water partition coefficient (Wildman–Crippen LogP) is 6.07. The fourth-order valence-electron chi connectivity index (χ4n) is 4.90. The van der Waals surface area contributed by atoms with Crippen molar-refractivity contribution >= 4 is 43.6 Å². The van der Waals surface area contributed by atoms with E-state index in [-0.39, 0.29) is 0 Å². The number of para-hydroxylation sites is 3. The van der Waals surface area contributed by atoms with Crippen LogP contribution in [0.25, 0.3) is 55.2 Å². The van der Waals surface area contributed by atoms with E-state index >= 15 is 0 Å². The molecule has 0 saturated carbocycles. The highest BCUT2D eigenvalue weighted by molar-refractivity contribution is 6.23. The van der Waals surface area contributed by atoms with Gasteiger partial charge in [-0.05, 0) is 24.3 Å². The molecule has 0 atom stereocenters. The molecule has 5 heteroatoms. The minimum atomic E-state index is 0.614. The molecular weight excluding hydrogens is 394 g/mol. The van der Waals surface area contributed by atoms with Crippen LogP contribution in [0.3, 0.4) is 0 Å². The van der Waals surface area contributed by atoms with E-state index in [1.807, 2.05) is 0 Å². The highest BCUT2D eigenvalue weighted by atomic mass is 15.2. The second kappa shape index (κ2) is 6.49. The summed E-state index contributed by atoms with van der Waals surface area (Å²) in [6, 6.07) is 32.0. The summed E-state index contributed by atoms with van der Waals surface area (Å²) in [4.78, 5) is 13.1. The van der Waals surface area contributed by atoms with Gasteiger partial charge in [0.05, 0.1) is 22.1 Å². The number of nitrogens with zero attached hydrogens (tertiary/aromatic N) is 5. The van der Waals surface area contributed by atoms with Crippen molar-refractivity contribution < 1.29 is 0 Å². The van der Waals surface area contributed by atoms with Crippen molar-refractivity contribution in [2.45, 2.75) is 0 Å². The molecule has 0 aliphatic heterocycles. The molecule has 0 amide bonds. The summed E-state index contributed by atoms with van der Waals surface area (Å²) in [5, 5.41) is 4.78. The van der Waals surface area contributed by atoms with Crippen LogP contribution >= 0.6 is 0 Å². The van der Waals surface area contributed by atoms with E-state index in [1.54, 1.807) is 12.7 Å². The highest BCUT2D eigenvalue weighted by Crippen LogP contribution is 2.40. The summed E-state index contributed by atoms with van der Waals surface area (Å²) in [5.41, 5.74) is 5.61. The van der Waals surface area contributed by atoms with Crippen LogP contribution in [-0.2, 0) is 0 Å². The Kier molecular flexibility index (Phi) is 3.49. The fourth-order valence-corrected chi connectivity index (χ4v) is 4.90. The van der Waals surface area contributed by atoms with Gasteiger partial charge in [-0.25, -0.2) is 15.0 Å². The van der Waals surface area contributed by atoms with E-state index < -0.39 is 0 Å². The topological polar surface area (TPSA) is 48.5 Å². The first-order chi connectivity index (χ1) is 15.9. The van der Waals surface area contributed by atoms with Gasteiger partial charge in [-0.3, -0.25) is 4.57 Å². The highest BCUT2D eigenvalue weighted by Gasteiger charge is 2.21. The maximum Gasteiger partial charge on any atom is 0.237 e. The zero-order valence-corrected chi connectivity index (χ0v) is 17.1. The third-order valence-corrected chi connectivity index (χ3v) is 6.16. The molecule has 0 aliphatic carbocycles. The first-order valence-corrected chi connectivity index (χ1v) is 10.5. The molecule has 0 N–H and O–H groups in total. The van der Waals surface area contributed by atoms with Gasteiger partial charge in [0.1, 0.15) is 12.7 Å². The minimum Gasteiger partial charge on any atom is -0.307 e. The molecule has 0 saturated heterocycles. The molecule has 0 fully saturated rings. The summed E-state index contributed by atoms with van der Waals surface area (Å²) < 4.78 is 4.51. The van der Waals surface area contributed by atoms with Gasteiger partial charge in [-0.2, -0.15) is 0 Å². The summed E-state index contributed by atoms with van der Waals surface area (Å²) >= 11 is 0. The van der Waals surface area contributed by atoms with Crippen LogP contribution in [0.4, 0.5) is 0 Å². The summed E-state index contributed by atoms with van der Waals surface area (Å²) in [7, 11) is 0. The smallest absolute Gasteiger partial charge is 0.237 e. The molecule has 0 radical (unpaired) electrons. The van der Waals surface area contributed by atoms with E-state index in [2.05, 4.69) is 115 Å². The first-order valence-electron chi connectivity index (χ1n) is 10.5. The molecular formula is C27H17N5. The van der Waals surface area contributed by atoms with Crippen LogP contribution in [0.15, 0.2) is 104 Å². The van der Waals surface area contributed by atoms with Gasteiger partial charge in [0.15, 0.2) is 0 Å². The van der Waals surface area contributed by atoms with Gasteiger partial charge in [-0.1, -0.05) is 66.7 Å². The molecule has 3 aromatic heterocycles. The van der Waals surface area contributed by atoms with E-state index in [4.69, 9.17) is 0 Å². The molecule has 3 heterocycles. The Balaban J connectivity index is 1.81. The lowest BCUT2D eigenvalue weighted by Crippen LogP contribution is -2.02. The Morgan fingerprint density at radius 2 is 1.00 bits per heavy atom. The van der Waals surface area contributed by atoms with Gasteiger partial charge in [0.2, 0.25) is 5.95 Å². The van der Waals surface area contributed by atoms with Gasteiger partial charge in [0.25, 0.3) is 0 Å². The summed E-state index contributed by atoms with van der Waals surface area (Å²) in [5.74, 6) is 0.614. The zero-order valence-electron chi connectivity index (χ0n) is 17.1. The standard InChI is InChI=1S/C27H17N5/c1-2-8-18(9-3-1)31-23-12-6-4-10-19(23)21-14-15-22-20-11-5-7-13-24(20)32(26(22)25(21)31)27-29-16-28-17-30-27/h1-17H. The summed E-state index contributed by atoms with van der Waals surface area (Å²) in [6.45, 7) is 0. The van der Waals surface area contributed by atoms with Crippen molar-refractivity contribution in [2.24, 2.45) is 0 Å². The normalized spacial score (nSPS) is 11.8. The van der Waals surface area contributed by atoms with Crippen LogP contribution in [0.2, 0.25) is 0 Å². The van der Waals surface area contributed by atoms with Crippen molar-refractivity contribution in [1.29, 1.82) is 0 Å². The number of fused-ring (bicyclic) bond motifs is 7. The molecule has 5 nitrogen and oxygen atoms in total. The van der Waals surface area contributed by atoms with E-state index in [0.29, 0.717) is 5.95 Å². The Hall–Kier alpha value is -4.51. The average Bonchev–Trinajstić information content (AvgIpc) is 3.38. The van der Waals surface area contributed by atoms with Gasteiger partial charge in [-0.15, -0.1) is 0 Å². The van der Waals surface area contributed by atoms with Gasteiger partial charge < -0.3 is 4.57 Å². The van der Waals surface area contributed by atoms with Crippen molar-refractivity contribution in [2.75, 3.05) is 0 Å². The SMILES string of the molecule is c1ccc(-n2c3ccccc3c3ccc4c5ccccc5n(-c5ncncn5)c4c32)cc1. The van der Waals surface area contributed by atoms with Crippen LogP contribution in [0, 0.1) is 0 Å². The molecule has 0 bridgehead atoms. The minimum absolute atomic E-state index is 0.614. The molecule has 0 unspecified atom stereocenters. The predicted molar refractivity (Wildman–Crippen MR) is 129 cm³/mol. The Morgan fingerprint density at radius 3 is 1.66 bits per heavy atom. The molecule has 0 aliphatic rings. The van der Waals surface area contributed by atoms with E-state index in [0.717, 1.165) is 22.2 Å². The van der Waals surface area contributed by atoms with Crippen LogP contribution in [0.1, 0.15) is 0 Å². The first kappa shape index (κ1) is 17.2. The number of benzene rings is 4. The van der Waals surface area contributed by atoms with E-state index in [9.17, 15) is 0 Å². The molecule has 32 heavy (non-hydrogen) atoms. The second-order valence-electron chi connectivity index (χ2n) is 7.84. The molecule has 7 aromatic rings. The third-order valence-electron chi connectivity index (χ3n) is 6.16.